The highest BCUT2D eigenvalue weighted by Gasteiger charge is 2.57. The minimum atomic E-state index is -1.35. The van der Waals surface area contributed by atoms with Gasteiger partial charge in [0.25, 0.3) is 0 Å². The van der Waals surface area contributed by atoms with E-state index in [4.69, 9.17) is 15.9 Å². The summed E-state index contributed by atoms with van der Waals surface area (Å²) >= 11 is 0. The molecule has 1 unspecified atom stereocenters. The highest BCUT2D eigenvalue weighted by molar-refractivity contribution is 5.83. The van der Waals surface area contributed by atoms with Gasteiger partial charge in [-0.3, -0.25) is 9.59 Å². The van der Waals surface area contributed by atoms with E-state index >= 15 is 0 Å². The Hall–Kier alpha value is -1.10. The summed E-state index contributed by atoms with van der Waals surface area (Å²) in [6.07, 6.45) is 3.41. The number of hydrogen-bond acceptors (Lipinski definition) is 3. The normalized spacial score (nSPS) is 27.1. The summed E-state index contributed by atoms with van der Waals surface area (Å²) in [6.45, 7) is 2.02. The number of hydrogen-bond donors (Lipinski definition) is 3. The molecule has 1 aliphatic carbocycles. The van der Waals surface area contributed by atoms with Crippen molar-refractivity contribution in [2.24, 2.45) is 17.6 Å². The van der Waals surface area contributed by atoms with E-state index in [1.54, 1.807) is 0 Å². The lowest BCUT2D eigenvalue weighted by molar-refractivity contribution is -0.145. The van der Waals surface area contributed by atoms with Gasteiger partial charge in [0.15, 0.2) is 0 Å². The average molecular weight is 229 g/mol. The van der Waals surface area contributed by atoms with Gasteiger partial charge in [0, 0.05) is 5.92 Å². The number of carbonyl (C=O) groups is 2. The van der Waals surface area contributed by atoms with Gasteiger partial charge < -0.3 is 15.9 Å². The second-order valence-electron chi connectivity index (χ2n) is 4.59. The van der Waals surface area contributed by atoms with E-state index in [0.29, 0.717) is 12.8 Å². The quantitative estimate of drug-likeness (QED) is 0.567. The monoisotopic (exact) mass is 229 g/mol. The van der Waals surface area contributed by atoms with E-state index < -0.39 is 29.3 Å². The van der Waals surface area contributed by atoms with Gasteiger partial charge in [-0.15, -0.1) is 0 Å². The first-order valence-electron chi connectivity index (χ1n) is 5.68. The molecule has 16 heavy (non-hydrogen) atoms. The fourth-order valence-electron chi connectivity index (χ4n) is 2.16. The highest BCUT2D eigenvalue weighted by atomic mass is 16.4. The van der Waals surface area contributed by atoms with Gasteiger partial charge in [-0.05, 0) is 12.8 Å². The maximum atomic E-state index is 11.1. The molecule has 1 aliphatic rings. The molecule has 0 radical (unpaired) electrons. The molecular weight excluding hydrogens is 210 g/mol. The minimum Gasteiger partial charge on any atom is -0.481 e. The Morgan fingerprint density at radius 2 is 2.00 bits per heavy atom. The molecule has 0 bridgehead atoms. The molecule has 0 heterocycles. The van der Waals surface area contributed by atoms with Crippen LogP contribution in [0.1, 0.15) is 39.0 Å². The Morgan fingerprint density at radius 1 is 1.38 bits per heavy atom. The smallest absolute Gasteiger partial charge is 0.323 e. The molecule has 0 spiro atoms. The van der Waals surface area contributed by atoms with Crippen molar-refractivity contribution in [1.82, 2.24) is 0 Å². The van der Waals surface area contributed by atoms with E-state index in [-0.39, 0.29) is 0 Å². The molecule has 0 amide bonds. The third-order valence-electron chi connectivity index (χ3n) is 3.36. The van der Waals surface area contributed by atoms with Crippen molar-refractivity contribution in [3.05, 3.63) is 0 Å². The number of nitrogens with two attached hydrogens (primary N) is 1. The van der Waals surface area contributed by atoms with Crippen LogP contribution in [-0.2, 0) is 9.59 Å². The second-order valence-corrected chi connectivity index (χ2v) is 4.59. The predicted octanol–water partition coefficient (Wildman–Crippen LogP) is 1.07. The Balaban J connectivity index is 2.60. The topological polar surface area (TPSA) is 101 Å². The molecule has 92 valence electrons. The number of aliphatic carboxylic acids is 2. The first-order chi connectivity index (χ1) is 7.43. The van der Waals surface area contributed by atoms with Crippen molar-refractivity contribution in [3.63, 3.8) is 0 Å². The van der Waals surface area contributed by atoms with E-state index in [2.05, 4.69) is 0 Å². The van der Waals surface area contributed by atoms with Crippen molar-refractivity contribution in [2.45, 2.75) is 44.6 Å². The Bertz CT molecular complexity index is 292. The summed E-state index contributed by atoms with van der Waals surface area (Å²) in [4.78, 5) is 21.9. The van der Waals surface area contributed by atoms with Crippen LogP contribution in [0.2, 0.25) is 0 Å². The standard InChI is InChI=1S/C11H19NO4/c1-2-3-4-5-11(12,10(15)16)8-6-7(8)9(13)14/h7-8H,2-6,12H2,1H3,(H,13,14)(H,15,16)/t7-,8?,11+/m0/s1. The average Bonchev–Trinajstić information content (AvgIpc) is 2.97. The molecular formula is C11H19NO4. The van der Waals surface area contributed by atoms with Crippen molar-refractivity contribution < 1.29 is 19.8 Å². The Morgan fingerprint density at radius 3 is 2.38 bits per heavy atom. The second kappa shape index (κ2) is 4.82. The molecule has 0 aromatic rings. The van der Waals surface area contributed by atoms with Crippen LogP contribution in [0, 0.1) is 11.8 Å². The van der Waals surface area contributed by atoms with Crippen molar-refractivity contribution >= 4 is 11.9 Å². The van der Waals surface area contributed by atoms with E-state index in [1.807, 2.05) is 6.92 Å². The zero-order valence-corrected chi connectivity index (χ0v) is 9.48. The summed E-state index contributed by atoms with van der Waals surface area (Å²) < 4.78 is 0. The van der Waals surface area contributed by atoms with Crippen LogP contribution in [-0.4, -0.2) is 27.7 Å². The molecule has 0 aliphatic heterocycles. The van der Waals surface area contributed by atoms with Gasteiger partial charge in [0.1, 0.15) is 5.54 Å². The summed E-state index contributed by atoms with van der Waals surface area (Å²) in [5.41, 5.74) is 4.50. The van der Waals surface area contributed by atoms with Crippen LogP contribution in [0.5, 0.6) is 0 Å². The lowest BCUT2D eigenvalue weighted by atomic mass is 9.87. The first kappa shape index (κ1) is 13.0. The largest absolute Gasteiger partial charge is 0.481 e. The number of carboxylic acid groups (broad SMARTS) is 2. The number of unbranched alkanes of at least 4 members (excludes halogenated alkanes) is 2. The summed E-state index contributed by atoms with van der Waals surface area (Å²) in [6, 6.07) is 0. The Kier molecular flexibility index (Phi) is 3.91. The van der Waals surface area contributed by atoms with Crippen LogP contribution in [0.15, 0.2) is 0 Å². The van der Waals surface area contributed by atoms with Crippen LogP contribution in [0.3, 0.4) is 0 Å². The van der Waals surface area contributed by atoms with E-state index in [1.165, 1.54) is 0 Å². The number of rotatable bonds is 7. The van der Waals surface area contributed by atoms with Gasteiger partial charge in [-0.1, -0.05) is 26.2 Å². The molecule has 0 aromatic heterocycles. The number of carboxylic acids is 2. The minimum absolute atomic E-state index is 0.366. The predicted molar refractivity (Wildman–Crippen MR) is 57.9 cm³/mol. The van der Waals surface area contributed by atoms with Crippen molar-refractivity contribution in [2.75, 3.05) is 0 Å². The molecule has 0 aromatic carbocycles. The van der Waals surface area contributed by atoms with Gasteiger partial charge in [0.2, 0.25) is 0 Å². The van der Waals surface area contributed by atoms with E-state index in [0.717, 1.165) is 19.3 Å². The van der Waals surface area contributed by atoms with E-state index in [9.17, 15) is 9.59 Å². The maximum absolute atomic E-state index is 11.1. The maximum Gasteiger partial charge on any atom is 0.323 e. The van der Waals surface area contributed by atoms with Gasteiger partial charge >= 0.3 is 11.9 Å². The van der Waals surface area contributed by atoms with Crippen molar-refractivity contribution in [3.8, 4) is 0 Å². The van der Waals surface area contributed by atoms with Gasteiger partial charge in [-0.25, -0.2) is 0 Å². The highest BCUT2D eigenvalue weighted by Crippen LogP contribution is 2.47. The fraction of sp³-hybridized carbons (Fsp3) is 0.818. The molecule has 1 fully saturated rings. The molecule has 3 atom stereocenters. The fourth-order valence-corrected chi connectivity index (χ4v) is 2.16. The molecule has 1 saturated carbocycles. The van der Waals surface area contributed by atoms with Crippen LogP contribution >= 0.6 is 0 Å². The lowest BCUT2D eigenvalue weighted by Crippen LogP contribution is -2.51. The summed E-state index contributed by atoms with van der Waals surface area (Å²) in [7, 11) is 0. The molecule has 5 heteroatoms. The van der Waals surface area contributed by atoms with Crippen LogP contribution < -0.4 is 5.73 Å². The summed E-state index contributed by atoms with van der Waals surface area (Å²) in [5, 5.41) is 17.9. The zero-order valence-electron chi connectivity index (χ0n) is 9.48. The van der Waals surface area contributed by atoms with Gasteiger partial charge in [0.05, 0.1) is 5.92 Å². The molecule has 5 nitrogen and oxygen atoms in total. The van der Waals surface area contributed by atoms with Crippen molar-refractivity contribution in [1.29, 1.82) is 0 Å². The lowest BCUT2D eigenvalue weighted by Gasteiger charge is -2.24. The molecule has 0 saturated heterocycles. The summed E-state index contributed by atoms with van der Waals surface area (Å²) in [5.74, 6) is -2.98. The molecule has 4 N–H and O–H groups in total. The molecule has 1 rings (SSSR count). The third-order valence-corrected chi connectivity index (χ3v) is 3.36. The Labute approximate surface area is 94.6 Å². The third kappa shape index (κ3) is 2.52. The van der Waals surface area contributed by atoms with Gasteiger partial charge in [-0.2, -0.15) is 0 Å². The zero-order chi connectivity index (χ0) is 12.3. The SMILES string of the molecule is CCCCC[C@](N)(C(=O)O)C1C[C@@H]1C(=O)O. The van der Waals surface area contributed by atoms with Crippen LogP contribution in [0.25, 0.3) is 0 Å². The first-order valence-corrected chi connectivity index (χ1v) is 5.68. The van der Waals surface area contributed by atoms with Crippen LogP contribution in [0.4, 0.5) is 0 Å².